The van der Waals surface area contributed by atoms with Gasteiger partial charge >= 0.3 is 0 Å². The van der Waals surface area contributed by atoms with Gasteiger partial charge < -0.3 is 4.90 Å². The van der Waals surface area contributed by atoms with Crippen molar-refractivity contribution in [2.45, 2.75) is 19.8 Å². The van der Waals surface area contributed by atoms with Crippen molar-refractivity contribution in [2.75, 3.05) is 18.0 Å². The Morgan fingerprint density at radius 2 is 2.13 bits per heavy atom. The molecule has 3 heteroatoms. The lowest BCUT2D eigenvalue weighted by molar-refractivity contribution is 0.615. The van der Waals surface area contributed by atoms with Crippen molar-refractivity contribution < 1.29 is 4.39 Å². The number of nitriles is 1. The molecule has 0 aliphatic rings. The monoisotopic (exact) mass is 206 g/mol. The fourth-order valence-corrected chi connectivity index (χ4v) is 1.51. The van der Waals surface area contributed by atoms with Crippen LogP contribution in [0.4, 0.5) is 10.1 Å². The minimum absolute atomic E-state index is 0.198. The highest BCUT2D eigenvalue weighted by atomic mass is 19.1. The zero-order valence-electron chi connectivity index (χ0n) is 8.91. The van der Waals surface area contributed by atoms with Gasteiger partial charge in [0.1, 0.15) is 5.82 Å². The molecule has 0 atom stereocenters. The molecule has 80 valence electrons. The van der Waals surface area contributed by atoms with Crippen LogP contribution < -0.4 is 4.90 Å². The summed E-state index contributed by atoms with van der Waals surface area (Å²) >= 11 is 0. The first kappa shape index (κ1) is 11.5. The van der Waals surface area contributed by atoms with E-state index in [1.807, 2.05) is 17.9 Å². The molecule has 0 bridgehead atoms. The predicted molar refractivity (Wildman–Crippen MR) is 59.1 cm³/mol. The fraction of sp³-hybridized carbons (Fsp3) is 0.417. The maximum absolute atomic E-state index is 13.4. The van der Waals surface area contributed by atoms with E-state index in [0.29, 0.717) is 12.1 Å². The number of nitrogens with zero attached hydrogens (tertiary/aromatic N) is 2. The summed E-state index contributed by atoms with van der Waals surface area (Å²) in [7, 11) is 0. The first-order chi connectivity index (χ1) is 7.29. The van der Waals surface area contributed by atoms with Gasteiger partial charge in [-0.2, -0.15) is 5.26 Å². The molecule has 0 aliphatic heterocycles. The molecule has 0 spiro atoms. The summed E-state index contributed by atoms with van der Waals surface area (Å²) < 4.78 is 13.4. The fourth-order valence-electron chi connectivity index (χ4n) is 1.51. The van der Waals surface area contributed by atoms with E-state index in [9.17, 15) is 4.39 Å². The first-order valence-corrected chi connectivity index (χ1v) is 5.16. The number of unbranched alkanes of at least 4 members (excludes halogenated alkanes) is 1. The molecule has 1 aromatic carbocycles. The summed E-state index contributed by atoms with van der Waals surface area (Å²) in [5.74, 6) is -0.198. The van der Waals surface area contributed by atoms with Crippen molar-refractivity contribution in [3.63, 3.8) is 0 Å². The minimum atomic E-state index is -0.198. The van der Waals surface area contributed by atoms with Crippen LogP contribution in [0.2, 0.25) is 0 Å². The van der Waals surface area contributed by atoms with Crippen LogP contribution >= 0.6 is 0 Å². The SMILES string of the molecule is CCN(CCCC#N)c1ccccc1F. The molecule has 0 aromatic heterocycles. The molecule has 1 rings (SSSR count). The van der Waals surface area contributed by atoms with Gasteiger partial charge in [-0.25, -0.2) is 4.39 Å². The summed E-state index contributed by atoms with van der Waals surface area (Å²) in [6.07, 6.45) is 1.30. The second kappa shape index (κ2) is 6.02. The smallest absolute Gasteiger partial charge is 0.146 e. The van der Waals surface area contributed by atoms with Gasteiger partial charge in [0.2, 0.25) is 0 Å². The van der Waals surface area contributed by atoms with Crippen molar-refractivity contribution in [3.8, 4) is 6.07 Å². The van der Waals surface area contributed by atoms with E-state index in [0.717, 1.165) is 19.5 Å². The Bertz CT molecular complexity index is 344. The van der Waals surface area contributed by atoms with Gasteiger partial charge in [0.05, 0.1) is 11.8 Å². The molecule has 0 heterocycles. The Balaban J connectivity index is 2.66. The first-order valence-electron chi connectivity index (χ1n) is 5.16. The van der Waals surface area contributed by atoms with Gasteiger partial charge in [-0.05, 0) is 25.5 Å². The lowest BCUT2D eigenvalue weighted by atomic mass is 10.2. The van der Waals surface area contributed by atoms with Gasteiger partial charge in [0.15, 0.2) is 0 Å². The van der Waals surface area contributed by atoms with Gasteiger partial charge in [0, 0.05) is 19.5 Å². The third-order valence-electron chi connectivity index (χ3n) is 2.29. The molecule has 0 amide bonds. The van der Waals surface area contributed by atoms with Crippen LogP contribution in [0.15, 0.2) is 24.3 Å². The predicted octanol–water partition coefficient (Wildman–Crippen LogP) is 2.96. The van der Waals surface area contributed by atoms with Crippen LogP contribution in [0, 0.1) is 17.1 Å². The standard InChI is InChI=1S/C12H15FN2/c1-2-15(10-6-5-9-14)12-8-4-3-7-11(12)13/h3-4,7-8H,2,5-6,10H2,1H3. The van der Waals surface area contributed by atoms with Crippen molar-refractivity contribution in [1.29, 1.82) is 5.26 Å². The van der Waals surface area contributed by atoms with Crippen molar-refractivity contribution >= 4 is 5.69 Å². The summed E-state index contributed by atoms with van der Waals surface area (Å²) in [6.45, 7) is 3.47. The van der Waals surface area contributed by atoms with Crippen LogP contribution in [0.5, 0.6) is 0 Å². The number of hydrogen-bond acceptors (Lipinski definition) is 2. The lowest BCUT2D eigenvalue weighted by Crippen LogP contribution is -2.24. The maximum atomic E-state index is 13.4. The van der Waals surface area contributed by atoms with Crippen LogP contribution in [0.25, 0.3) is 0 Å². The topological polar surface area (TPSA) is 27.0 Å². The summed E-state index contributed by atoms with van der Waals surface area (Å²) in [6, 6.07) is 8.83. The third-order valence-corrected chi connectivity index (χ3v) is 2.29. The van der Waals surface area contributed by atoms with E-state index in [4.69, 9.17) is 5.26 Å². The second-order valence-corrected chi connectivity index (χ2v) is 3.29. The van der Waals surface area contributed by atoms with E-state index in [1.54, 1.807) is 12.1 Å². The second-order valence-electron chi connectivity index (χ2n) is 3.29. The summed E-state index contributed by atoms with van der Waals surface area (Å²) in [4.78, 5) is 1.95. The quantitative estimate of drug-likeness (QED) is 0.692. The molecular formula is C12H15FN2. The Kier molecular flexibility index (Phi) is 4.62. The number of benzene rings is 1. The van der Waals surface area contributed by atoms with E-state index in [2.05, 4.69) is 6.07 Å². The highest BCUT2D eigenvalue weighted by Crippen LogP contribution is 2.18. The Hall–Kier alpha value is -1.56. The minimum Gasteiger partial charge on any atom is -0.369 e. The van der Waals surface area contributed by atoms with E-state index in [1.165, 1.54) is 6.07 Å². The van der Waals surface area contributed by atoms with E-state index < -0.39 is 0 Å². The Morgan fingerprint density at radius 3 is 2.73 bits per heavy atom. The van der Waals surface area contributed by atoms with E-state index in [-0.39, 0.29) is 5.82 Å². The zero-order valence-corrected chi connectivity index (χ0v) is 8.91. The molecule has 0 saturated heterocycles. The molecule has 15 heavy (non-hydrogen) atoms. The molecule has 0 N–H and O–H groups in total. The van der Waals surface area contributed by atoms with E-state index >= 15 is 0 Å². The number of halogens is 1. The average Bonchev–Trinajstić information content (AvgIpc) is 2.26. The highest BCUT2D eigenvalue weighted by molar-refractivity contribution is 5.47. The molecule has 1 aromatic rings. The lowest BCUT2D eigenvalue weighted by Gasteiger charge is -2.22. The maximum Gasteiger partial charge on any atom is 0.146 e. The van der Waals surface area contributed by atoms with Crippen molar-refractivity contribution in [1.82, 2.24) is 0 Å². The van der Waals surface area contributed by atoms with Gasteiger partial charge in [-0.1, -0.05) is 12.1 Å². The zero-order chi connectivity index (χ0) is 11.1. The number of anilines is 1. The van der Waals surface area contributed by atoms with Gasteiger partial charge in [-0.3, -0.25) is 0 Å². The van der Waals surface area contributed by atoms with Crippen molar-refractivity contribution in [3.05, 3.63) is 30.1 Å². The highest BCUT2D eigenvalue weighted by Gasteiger charge is 2.07. The van der Waals surface area contributed by atoms with Crippen LogP contribution in [0.1, 0.15) is 19.8 Å². The number of hydrogen-bond donors (Lipinski definition) is 0. The van der Waals surface area contributed by atoms with Crippen LogP contribution in [-0.2, 0) is 0 Å². The van der Waals surface area contributed by atoms with Crippen molar-refractivity contribution in [2.24, 2.45) is 0 Å². The van der Waals surface area contributed by atoms with Crippen LogP contribution in [-0.4, -0.2) is 13.1 Å². The molecule has 0 radical (unpaired) electrons. The molecule has 2 nitrogen and oxygen atoms in total. The normalized spacial score (nSPS) is 9.67. The largest absolute Gasteiger partial charge is 0.369 e. The molecule has 0 saturated carbocycles. The number of para-hydroxylation sites is 1. The molecule has 0 aliphatic carbocycles. The van der Waals surface area contributed by atoms with Gasteiger partial charge in [0.25, 0.3) is 0 Å². The van der Waals surface area contributed by atoms with Gasteiger partial charge in [-0.15, -0.1) is 0 Å². The van der Waals surface area contributed by atoms with Crippen LogP contribution in [0.3, 0.4) is 0 Å². The number of rotatable bonds is 5. The summed E-state index contributed by atoms with van der Waals surface area (Å²) in [5, 5.41) is 8.43. The average molecular weight is 206 g/mol. The summed E-state index contributed by atoms with van der Waals surface area (Å²) in [5.41, 5.74) is 0.623. The molecule has 0 fully saturated rings. The third kappa shape index (κ3) is 3.25. The Labute approximate surface area is 89.9 Å². The molecular weight excluding hydrogens is 191 g/mol. The molecule has 0 unspecified atom stereocenters. The Morgan fingerprint density at radius 1 is 1.40 bits per heavy atom.